The maximum absolute atomic E-state index is 15.1. The molecule has 1 fully saturated rings. The number of rotatable bonds is 8. The molecule has 0 aliphatic heterocycles. The Balaban J connectivity index is 1.40. The number of aromatic nitrogens is 5. The molecule has 1 aliphatic carbocycles. The zero-order valence-electron chi connectivity index (χ0n) is 22.1. The van der Waals surface area contributed by atoms with Gasteiger partial charge in [-0.25, -0.2) is 4.39 Å². The molecule has 6 N–H and O–H groups in total. The number of amides is 1. The van der Waals surface area contributed by atoms with Gasteiger partial charge in [0.05, 0.1) is 23.4 Å². The topological polar surface area (TPSA) is 191 Å². The van der Waals surface area contributed by atoms with Gasteiger partial charge in [-0.05, 0) is 54.0 Å². The van der Waals surface area contributed by atoms with Crippen LogP contribution in [0.4, 0.5) is 22.0 Å². The van der Waals surface area contributed by atoms with E-state index >= 15 is 4.39 Å². The molecule has 1 aliphatic rings. The smallest absolute Gasteiger partial charge is 0.265 e. The van der Waals surface area contributed by atoms with Crippen molar-refractivity contribution in [1.29, 1.82) is 5.26 Å². The minimum absolute atomic E-state index is 0.0314. The molecule has 1 saturated carbocycles. The number of fused-ring (bicyclic) bond motifs is 1. The summed E-state index contributed by atoms with van der Waals surface area (Å²) in [7, 11) is 0. The molecule has 3 aromatic heterocycles. The minimum Gasteiger partial charge on any atom is -0.392 e. The van der Waals surface area contributed by atoms with Crippen molar-refractivity contribution in [1.82, 2.24) is 24.1 Å². The van der Waals surface area contributed by atoms with Crippen molar-refractivity contribution < 1.29 is 14.3 Å². The molecule has 0 bridgehead atoms. The molecule has 2 aromatic carbocycles. The Morgan fingerprint density at radius 2 is 2.00 bits per heavy atom. The van der Waals surface area contributed by atoms with E-state index in [2.05, 4.69) is 20.3 Å². The Bertz CT molecular complexity index is 1990. The number of carbonyl (C=O) groups excluding carboxylic acids is 1. The van der Waals surface area contributed by atoms with Gasteiger partial charge in [-0.1, -0.05) is 18.2 Å². The monoisotopic (exact) mass is 565 g/mol. The lowest BCUT2D eigenvalue weighted by Gasteiger charge is -2.16. The van der Waals surface area contributed by atoms with E-state index in [0.29, 0.717) is 33.8 Å². The molecule has 13 heteroatoms. The maximum Gasteiger partial charge on any atom is 0.265 e. The summed E-state index contributed by atoms with van der Waals surface area (Å²) >= 11 is 0. The Labute approximate surface area is 237 Å². The molecule has 1 amide bonds. The fourth-order valence-electron chi connectivity index (χ4n) is 5.03. The predicted octanol–water partition coefficient (Wildman–Crippen LogP) is 2.84. The zero-order chi connectivity index (χ0) is 29.5. The number of nitrogens with two attached hydrogens (primary N) is 2. The first-order chi connectivity index (χ1) is 20.2. The van der Waals surface area contributed by atoms with Crippen molar-refractivity contribution in [2.45, 2.75) is 31.9 Å². The Morgan fingerprint density at radius 1 is 1.19 bits per heavy atom. The fourth-order valence-corrected chi connectivity index (χ4v) is 5.03. The van der Waals surface area contributed by atoms with Gasteiger partial charge in [-0.15, -0.1) is 0 Å². The standard InChI is InChI=1S/C29H24FN9O3/c30-22-9-17(15-4-5-15)8-16-6-7-39(27(42)25(16)22)23-3-1-2-20(21(23)14-40)26-35-28(33)37-29(36-26)34-18-10-19(11-31)38(12-18)13-24(32)41/h1-3,6-10,12,15,40H,4-5,13-14H2,(H2,32,41)(H3,33,34,35,36,37). The molecule has 0 radical (unpaired) electrons. The Hall–Kier alpha value is -5.61. The van der Waals surface area contributed by atoms with Crippen molar-refractivity contribution in [2.24, 2.45) is 5.73 Å². The van der Waals surface area contributed by atoms with Crippen molar-refractivity contribution >= 4 is 34.3 Å². The normalized spacial score (nSPS) is 12.8. The molecular weight excluding hydrogens is 541 g/mol. The number of carbonyl (C=O) groups is 1. The van der Waals surface area contributed by atoms with Crippen molar-refractivity contribution in [3.63, 3.8) is 0 Å². The summed E-state index contributed by atoms with van der Waals surface area (Å²) in [5, 5.41) is 23.2. The van der Waals surface area contributed by atoms with Crippen molar-refractivity contribution in [2.75, 3.05) is 11.1 Å². The summed E-state index contributed by atoms with van der Waals surface area (Å²) < 4.78 is 17.8. The highest BCUT2D eigenvalue weighted by Crippen LogP contribution is 2.41. The number of pyridine rings is 1. The van der Waals surface area contributed by atoms with Crippen LogP contribution in [-0.4, -0.2) is 35.1 Å². The van der Waals surface area contributed by atoms with E-state index in [9.17, 15) is 20.0 Å². The third-order valence-corrected chi connectivity index (χ3v) is 7.08. The average Bonchev–Trinajstić information content (AvgIpc) is 3.74. The van der Waals surface area contributed by atoms with E-state index in [1.165, 1.54) is 27.5 Å². The average molecular weight is 566 g/mol. The molecule has 5 aromatic rings. The molecule has 3 heterocycles. The van der Waals surface area contributed by atoms with E-state index in [-0.39, 0.29) is 35.3 Å². The number of anilines is 3. The van der Waals surface area contributed by atoms with Gasteiger partial charge in [0.25, 0.3) is 5.56 Å². The lowest BCUT2D eigenvalue weighted by atomic mass is 10.0. The van der Waals surface area contributed by atoms with Crippen LogP contribution in [0, 0.1) is 17.1 Å². The van der Waals surface area contributed by atoms with Crippen LogP contribution in [0.2, 0.25) is 0 Å². The molecule has 0 atom stereocenters. The number of aliphatic hydroxyl groups excluding tert-OH is 1. The van der Waals surface area contributed by atoms with Crippen LogP contribution < -0.4 is 22.3 Å². The van der Waals surface area contributed by atoms with Gasteiger partial charge >= 0.3 is 0 Å². The van der Waals surface area contributed by atoms with E-state index in [1.807, 2.05) is 12.1 Å². The number of nitriles is 1. The van der Waals surface area contributed by atoms with Crippen LogP contribution in [0.15, 0.2) is 59.7 Å². The Kier molecular flexibility index (Phi) is 6.60. The molecule has 0 spiro atoms. The predicted molar refractivity (Wildman–Crippen MR) is 152 cm³/mol. The molecule has 0 unspecified atom stereocenters. The van der Waals surface area contributed by atoms with Gasteiger partial charge in [0, 0.05) is 23.5 Å². The van der Waals surface area contributed by atoms with Gasteiger partial charge in [0.1, 0.15) is 24.1 Å². The second-order valence-corrected chi connectivity index (χ2v) is 9.98. The van der Waals surface area contributed by atoms with Gasteiger partial charge < -0.3 is 26.5 Å². The minimum atomic E-state index is -0.618. The SMILES string of the molecule is N#Cc1cc(Nc2nc(N)nc(-c3cccc(-n4ccc5cc(C6CC6)cc(F)c5c4=O)c3CO)n2)cn1CC(N)=O. The maximum atomic E-state index is 15.1. The van der Waals surface area contributed by atoms with Crippen LogP contribution >= 0.6 is 0 Å². The van der Waals surface area contributed by atoms with E-state index in [1.54, 1.807) is 30.5 Å². The van der Waals surface area contributed by atoms with Crippen LogP contribution in [0.25, 0.3) is 27.8 Å². The molecular formula is C29H24FN9O3. The first-order valence-electron chi connectivity index (χ1n) is 13.0. The second-order valence-electron chi connectivity index (χ2n) is 9.98. The van der Waals surface area contributed by atoms with Crippen LogP contribution in [-0.2, 0) is 17.9 Å². The molecule has 42 heavy (non-hydrogen) atoms. The number of primary amides is 1. The summed E-state index contributed by atoms with van der Waals surface area (Å²) in [5.41, 5.74) is 13.2. The summed E-state index contributed by atoms with van der Waals surface area (Å²) in [5.74, 6) is -0.871. The summed E-state index contributed by atoms with van der Waals surface area (Å²) in [6.45, 7) is -0.684. The summed E-state index contributed by atoms with van der Waals surface area (Å²) in [6, 6.07) is 13.4. The van der Waals surface area contributed by atoms with Crippen LogP contribution in [0.1, 0.15) is 35.6 Å². The van der Waals surface area contributed by atoms with E-state index in [4.69, 9.17) is 11.5 Å². The Morgan fingerprint density at radius 3 is 2.71 bits per heavy atom. The van der Waals surface area contributed by atoms with Crippen LogP contribution in [0.5, 0.6) is 0 Å². The lowest BCUT2D eigenvalue weighted by Crippen LogP contribution is -2.20. The quantitative estimate of drug-likeness (QED) is 0.219. The highest BCUT2D eigenvalue weighted by molar-refractivity contribution is 5.83. The van der Waals surface area contributed by atoms with Crippen LogP contribution in [0.3, 0.4) is 0 Å². The zero-order valence-corrected chi connectivity index (χ0v) is 22.1. The highest BCUT2D eigenvalue weighted by atomic mass is 19.1. The van der Waals surface area contributed by atoms with Gasteiger partial charge in [-0.3, -0.25) is 14.2 Å². The third kappa shape index (κ3) is 4.91. The number of nitrogen functional groups attached to an aromatic ring is 1. The van der Waals surface area contributed by atoms with E-state index < -0.39 is 23.9 Å². The molecule has 12 nitrogen and oxygen atoms in total. The number of hydrogen-bond acceptors (Lipinski definition) is 9. The second kappa shape index (κ2) is 10.4. The van der Waals surface area contributed by atoms with Gasteiger partial charge in [-0.2, -0.15) is 20.2 Å². The summed E-state index contributed by atoms with van der Waals surface area (Å²) in [4.78, 5) is 37.6. The highest BCUT2D eigenvalue weighted by Gasteiger charge is 2.25. The largest absolute Gasteiger partial charge is 0.392 e. The first kappa shape index (κ1) is 26.6. The molecule has 210 valence electrons. The van der Waals surface area contributed by atoms with E-state index in [0.717, 1.165) is 18.4 Å². The van der Waals surface area contributed by atoms with Crippen molar-refractivity contribution in [3.8, 4) is 23.1 Å². The molecule has 6 rings (SSSR count). The van der Waals surface area contributed by atoms with Gasteiger partial charge in [0.15, 0.2) is 5.82 Å². The fraction of sp³-hybridized carbons (Fsp3) is 0.172. The molecule has 0 saturated heterocycles. The third-order valence-electron chi connectivity index (χ3n) is 7.08. The first-order valence-corrected chi connectivity index (χ1v) is 13.0. The number of halogens is 1. The number of aliphatic hydroxyl groups is 1. The lowest BCUT2D eigenvalue weighted by molar-refractivity contribution is -0.118. The summed E-state index contributed by atoms with van der Waals surface area (Å²) in [6.07, 6.45) is 5.08. The van der Waals surface area contributed by atoms with Gasteiger partial charge in [0.2, 0.25) is 17.8 Å². The van der Waals surface area contributed by atoms with Crippen molar-refractivity contribution in [3.05, 3.63) is 87.9 Å². The number of nitrogens with zero attached hydrogens (tertiary/aromatic N) is 6. The number of benzene rings is 2. The number of hydrogen-bond donors (Lipinski definition) is 4. The number of nitrogens with one attached hydrogen (secondary N) is 1.